The number of carbonyl (C=O) groups is 2. The summed E-state index contributed by atoms with van der Waals surface area (Å²) in [6.07, 6.45) is 5.52. The minimum atomic E-state index is -0.239. The van der Waals surface area contributed by atoms with Crippen LogP contribution in [0.5, 0.6) is 0 Å². The van der Waals surface area contributed by atoms with Crippen molar-refractivity contribution in [2.45, 2.75) is 31.7 Å². The molecule has 144 valence electrons. The summed E-state index contributed by atoms with van der Waals surface area (Å²) in [5.74, 6) is -0.106. The van der Waals surface area contributed by atoms with Crippen LogP contribution >= 0.6 is 12.4 Å². The number of aromatic nitrogens is 2. The molecule has 1 aromatic carbocycles. The molecule has 0 aliphatic carbocycles. The van der Waals surface area contributed by atoms with Gasteiger partial charge in [-0.3, -0.25) is 14.3 Å². The van der Waals surface area contributed by atoms with E-state index in [0.29, 0.717) is 23.8 Å². The minimum absolute atomic E-state index is 0. The molecule has 2 aliphatic heterocycles. The average Bonchev–Trinajstić information content (AvgIpc) is 3.32. The SMILES string of the molecule is Cl.O=C(Nc1cccc(N2CCCC2=O)c1)c1ccn(C2CCCNC2)n1. The number of nitrogens with one attached hydrogen (secondary N) is 2. The Hall–Kier alpha value is -2.38. The lowest BCUT2D eigenvalue weighted by Gasteiger charge is -2.22. The first-order valence-electron chi connectivity index (χ1n) is 9.18. The Morgan fingerprint density at radius 3 is 2.89 bits per heavy atom. The molecule has 2 amide bonds. The number of amides is 2. The van der Waals surface area contributed by atoms with Gasteiger partial charge in [-0.05, 0) is 50.1 Å². The fourth-order valence-corrected chi connectivity index (χ4v) is 3.59. The van der Waals surface area contributed by atoms with Crippen LogP contribution in [0.25, 0.3) is 0 Å². The molecule has 2 aliphatic rings. The molecule has 2 aromatic rings. The van der Waals surface area contributed by atoms with Gasteiger partial charge in [0.1, 0.15) is 0 Å². The van der Waals surface area contributed by atoms with Crippen LogP contribution in [-0.4, -0.2) is 41.2 Å². The lowest BCUT2D eigenvalue weighted by molar-refractivity contribution is -0.117. The Bertz CT molecular complexity index is 816. The van der Waals surface area contributed by atoms with Gasteiger partial charge in [0.15, 0.2) is 5.69 Å². The van der Waals surface area contributed by atoms with Crippen molar-refractivity contribution in [1.29, 1.82) is 0 Å². The van der Waals surface area contributed by atoms with Gasteiger partial charge in [0.2, 0.25) is 5.91 Å². The number of rotatable bonds is 4. The maximum Gasteiger partial charge on any atom is 0.276 e. The fourth-order valence-electron chi connectivity index (χ4n) is 3.59. The Morgan fingerprint density at radius 2 is 2.15 bits per heavy atom. The quantitative estimate of drug-likeness (QED) is 0.842. The zero-order valence-electron chi connectivity index (χ0n) is 15.1. The number of hydrogen-bond acceptors (Lipinski definition) is 4. The molecule has 2 N–H and O–H groups in total. The molecular formula is C19H24ClN5O2. The highest BCUT2D eigenvalue weighted by Gasteiger charge is 2.22. The highest BCUT2D eigenvalue weighted by molar-refractivity contribution is 6.03. The number of halogens is 1. The highest BCUT2D eigenvalue weighted by Crippen LogP contribution is 2.24. The third-order valence-corrected chi connectivity index (χ3v) is 4.98. The minimum Gasteiger partial charge on any atom is -0.321 e. The van der Waals surface area contributed by atoms with Crippen molar-refractivity contribution < 1.29 is 9.59 Å². The van der Waals surface area contributed by atoms with E-state index in [0.717, 1.165) is 44.6 Å². The molecular weight excluding hydrogens is 366 g/mol. The van der Waals surface area contributed by atoms with Crippen molar-refractivity contribution in [2.75, 3.05) is 29.9 Å². The second kappa shape index (κ2) is 8.54. The van der Waals surface area contributed by atoms with Crippen molar-refractivity contribution in [3.63, 3.8) is 0 Å². The topological polar surface area (TPSA) is 79.3 Å². The lowest BCUT2D eigenvalue weighted by atomic mass is 10.1. The predicted molar refractivity (Wildman–Crippen MR) is 107 cm³/mol. The van der Waals surface area contributed by atoms with Crippen LogP contribution in [0.1, 0.15) is 42.2 Å². The van der Waals surface area contributed by atoms with Gasteiger partial charge in [-0.25, -0.2) is 0 Å². The molecule has 2 saturated heterocycles. The maximum atomic E-state index is 12.5. The first kappa shape index (κ1) is 19.4. The number of nitrogens with zero attached hydrogens (tertiary/aromatic N) is 3. The van der Waals surface area contributed by atoms with E-state index in [1.165, 1.54) is 0 Å². The third-order valence-electron chi connectivity index (χ3n) is 4.98. The second-order valence-electron chi connectivity index (χ2n) is 6.83. The summed E-state index contributed by atoms with van der Waals surface area (Å²) in [5.41, 5.74) is 1.89. The van der Waals surface area contributed by atoms with Crippen molar-refractivity contribution in [3.05, 3.63) is 42.2 Å². The zero-order chi connectivity index (χ0) is 17.9. The van der Waals surface area contributed by atoms with Gasteiger partial charge in [-0.2, -0.15) is 5.10 Å². The number of carbonyl (C=O) groups excluding carboxylic acids is 2. The Balaban J connectivity index is 0.00000210. The van der Waals surface area contributed by atoms with E-state index < -0.39 is 0 Å². The summed E-state index contributed by atoms with van der Waals surface area (Å²) in [6, 6.07) is 9.45. The van der Waals surface area contributed by atoms with Crippen molar-refractivity contribution in [1.82, 2.24) is 15.1 Å². The summed E-state index contributed by atoms with van der Waals surface area (Å²) in [6.45, 7) is 2.66. The third kappa shape index (κ3) is 4.31. The maximum absolute atomic E-state index is 12.5. The van der Waals surface area contributed by atoms with Gasteiger partial charge in [-0.1, -0.05) is 6.07 Å². The largest absolute Gasteiger partial charge is 0.321 e. The Kier molecular flexibility index (Phi) is 6.13. The van der Waals surface area contributed by atoms with Gasteiger partial charge in [-0.15, -0.1) is 12.4 Å². The number of anilines is 2. The molecule has 2 fully saturated rings. The van der Waals surface area contributed by atoms with Crippen molar-refractivity contribution in [3.8, 4) is 0 Å². The molecule has 3 heterocycles. The molecule has 4 rings (SSSR count). The van der Waals surface area contributed by atoms with E-state index in [-0.39, 0.29) is 24.2 Å². The molecule has 0 radical (unpaired) electrons. The number of piperidine rings is 1. The molecule has 0 saturated carbocycles. The van der Waals surface area contributed by atoms with Gasteiger partial charge in [0.05, 0.1) is 6.04 Å². The monoisotopic (exact) mass is 389 g/mol. The van der Waals surface area contributed by atoms with Crippen LogP contribution in [0.15, 0.2) is 36.5 Å². The van der Waals surface area contributed by atoms with Gasteiger partial charge in [0.25, 0.3) is 5.91 Å². The Morgan fingerprint density at radius 1 is 1.26 bits per heavy atom. The molecule has 1 aromatic heterocycles. The van der Waals surface area contributed by atoms with Crippen molar-refractivity contribution >= 4 is 35.6 Å². The summed E-state index contributed by atoms with van der Waals surface area (Å²) in [5, 5.41) is 10.7. The van der Waals surface area contributed by atoms with E-state index in [1.807, 2.05) is 35.1 Å². The summed E-state index contributed by atoms with van der Waals surface area (Å²) < 4.78 is 1.88. The standard InChI is InChI=1S/C19H23N5O2.ClH/c25-18-7-3-10-23(18)15-5-1-4-14(12-15)21-19(26)17-8-11-24(22-17)16-6-2-9-20-13-16;/h1,4-5,8,11-12,16,20H,2-3,6-7,9-10,13H2,(H,21,26);1H. The second-order valence-corrected chi connectivity index (χ2v) is 6.83. The van der Waals surface area contributed by atoms with Gasteiger partial charge >= 0.3 is 0 Å². The van der Waals surface area contributed by atoms with E-state index in [9.17, 15) is 9.59 Å². The van der Waals surface area contributed by atoms with Crippen LogP contribution in [0.3, 0.4) is 0 Å². The summed E-state index contributed by atoms with van der Waals surface area (Å²) in [4.78, 5) is 26.2. The molecule has 0 bridgehead atoms. The van der Waals surface area contributed by atoms with Crippen LogP contribution in [-0.2, 0) is 4.79 Å². The average molecular weight is 390 g/mol. The predicted octanol–water partition coefficient (Wildman–Crippen LogP) is 2.61. The highest BCUT2D eigenvalue weighted by atomic mass is 35.5. The lowest BCUT2D eigenvalue weighted by Crippen LogP contribution is -2.32. The molecule has 8 heteroatoms. The smallest absolute Gasteiger partial charge is 0.276 e. The number of hydrogen-bond donors (Lipinski definition) is 2. The fraction of sp³-hybridized carbons (Fsp3) is 0.421. The molecule has 7 nitrogen and oxygen atoms in total. The molecule has 27 heavy (non-hydrogen) atoms. The summed E-state index contributed by atoms with van der Waals surface area (Å²) in [7, 11) is 0. The Labute approximate surface area is 164 Å². The summed E-state index contributed by atoms with van der Waals surface area (Å²) >= 11 is 0. The first-order valence-corrected chi connectivity index (χ1v) is 9.18. The molecule has 0 spiro atoms. The van der Waals surface area contributed by atoms with E-state index in [2.05, 4.69) is 15.7 Å². The van der Waals surface area contributed by atoms with E-state index in [4.69, 9.17) is 0 Å². The van der Waals surface area contributed by atoms with E-state index in [1.54, 1.807) is 11.0 Å². The number of benzene rings is 1. The van der Waals surface area contributed by atoms with Crippen LogP contribution in [0.4, 0.5) is 11.4 Å². The normalized spacial score (nSPS) is 19.6. The van der Waals surface area contributed by atoms with Crippen LogP contribution in [0, 0.1) is 0 Å². The first-order chi connectivity index (χ1) is 12.7. The van der Waals surface area contributed by atoms with Crippen LogP contribution < -0.4 is 15.5 Å². The van der Waals surface area contributed by atoms with Gasteiger partial charge in [0, 0.05) is 37.1 Å². The molecule has 1 atom stereocenters. The van der Waals surface area contributed by atoms with Crippen molar-refractivity contribution in [2.24, 2.45) is 0 Å². The van der Waals surface area contributed by atoms with E-state index >= 15 is 0 Å². The molecule has 1 unspecified atom stereocenters. The zero-order valence-corrected chi connectivity index (χ0v) is 15.9. The van der Waals surface area contributed by atoms with Crippen LogP contribution in [0.2, 0.25) is 0 Å². The van der Waals surface area contributed by atoms with Gasteiger partial charge < -0.3 is 15.5 Å².